The fraction of sp³-hybridized carbons (Fsp3) is 0.364. The van der Waals surface area contributed by atoms with Crippen LogP contribution < -0.4 is 9.80 Å². The van der Waals surface area contributed by atoms with Gasteiger partial charge in [0.25, 0.3) is 0 Å². The van der Waals surface area contributed by atoms with Gasteiger partial charge in [-0.2, -0.15) is 0 Å². The third kappa shape index (κ3) is 3.19. The van der Waals surface area contributed by atoms with Gasteiger partial charge in [-0.3, -0.25) is 9.88 Å². The Bertz CT molecular complexity index is 937. The van der Waals surface area contributed by atoms with E-state index in [9.17, 15) is 5.11 Å². The topological polar surface area (TPSA) is 55.7 Å². The smallest absolute Gasteiger partial charge is 0.128 e. The molecule has 28 heavy (non-hydrogen) atoms. The van der Waals surface area contributed by atoms with Gasteiger partial charge in [0, 0.05) is 62.7 Å². The van der Waals surface area contributed by atoms with Crippen molar-refractivity contribution in [3.05, 3.63) is 60.9 Å². The van der Waals surface area contributed by atoms with Crippen molar-refractivity contribution in [2.24, 2.45) is 0 Å². The molecule has 0 unspecified atom stereocenters. The predicted octanol–water partition coefficient (Wildman–Crippen LogP) is 2.00. The minimum absolute atomic E-state index is 0.165. The number of fused-ring (bicyclic) bond motifs is 1. The summed E-state index contributed by atoms with van der Waals surface area (Å²) in [4.78, 5) is 16.0. The quantitative estimate of drug-likeness (QED) is 0.756. The van der Waals surface area contributed by atoms with Crippen LogP contribution in [-0.4, -0.2) is 71.4 Å². The number of piperazine rings is 1. The highest BCUT2D eigenvalue weighted by molar-refractivity contribution is 5.91. The van der Waals surface area contributed by atoms with Crippen molar-refractivity contribution >= 4 is 22.4 Å². The van der Waals surface area contributed by atoms with Gasteiger partial charge in [0.15, 0.2) is 0 Å². The second-order valence-electron chi connectivity index (χ2n) is 7.60. The first kappa shape index (κ1) is 17.4. The highest BCUT2D eigenvalue weighted by Crippen LogP contribution is 2.30. The number of nitrogens with zero attached hydrogens (tertiary/aromatic N) is 5. The molecule has 144 valence electrons. The van der Waals surface area contributed by atoms with Gasteiger partial charge >= 0.3 is 0 Å². The Morgan fingerprint density at radius 2 is 1.61 bits per heavy atom. The molecular formula is C22H25N5O. The molecule has 3 aromatic rings. The number of aromatic nitrogens is 2. The van der Waals surface area contributed by atoms with Crippen LogP contribution >= 0.6 is 0 Å². The summed E-state index contributed by atoms with van der Waals surface area (Å²) in [7, 11) is 0. The lowest BCUT2D eigenvalue weighted by Gasteiger charge is -2.39. The summed E-state index contributed by atoms with van der Waals surface area (Å²) in [6, 6.07) is 16.5. The van der Waals surface area contributed by atoms with Gasteiger partial charge in [-0.1, -0.05) is 24.3 Å². The average molecular weight is 375 g/mol. The zero-order valence-corrected chi connectivity index (χ0v) is 15.9. The van der Waals surface area contributed by atoms with Gasteiger partial charge in [0.1, 0.15) is 5.82 Å². The number of aliphatic hydroxyl groups is 1. The van der Waals surface area contributed by atoms with E-state index in [1.54, 1.807) is 0 Å². The molecule has 2 aliphatic heterocycles. The molecule has 0 aliphatic carbocycles. The Morgan fingerprint density at radius 3 is 2.43 bits per heavy atom. The first-order valence-corrected chi connectivity index (χ1v) is 9.96. The number of pyridine rings is 2. The molecule has 6 nitrogen and oxygen atoms in total. The molecule has 0 amide bonds. The molecule has 0 saturated carbocycles. The number of anilines is 2. The van der Waals surface area contributed by atoms with Crippen LogP contribution in [0.15, 0.2) is 60.9 Å². The van der Waals surface area contributed by atoms with E-state index in [2.05, 4.69) is 42.9 Å². The van der Waals surface area contributed by atoms with Gasteiger partial charge in [-0.25, -0.2) is 4.98 Å². The lowest BCUT2D eigenvalue weighted by molar-refractivity contribution is 0.0792. The molecule has 0 bridgehead atoms. The standard InChI is InChI=1S/C22H25N5O/c28-21-16-27(19-8-10-23-18-6-2-1-5-17(18)19)15-20(21)25-11-13-26(14-12-25)22-7-3-4-9-24-22/h1-10,20-21,28H,11-16H2/t20-,21-/m0/s1. The molecule has 0 spiro atoms. The Kier molecular flexibility index (Phi) is 4.58. The Morgan fingerprint density at radius 1 is 0.786 bits per heavy atom. The molecule has 2 atom stereocenters. The van der Waals surface area contributed by atoms with E-state index in [0.717, 1.165) is 49.4 Å². The molecule has 2 aliphatic rings. The van der Waals surface area contributed by atoms with Crippen LogP contribution in [0.5, 0.6) is 0 Å². The highest BCUT2D eigenvalue weighted by Gasteiger charge is 2.37. The summed E-state index contributed by atoms with van der Waals surface area (Å²) in [5, 5.41) is 12.0. The van der Waals surface area contributed by atoms with E-state index < -0.39 is 0 Å². The number of aliphatic hydroxyl groups excluding tert-OH is 1. The maximum Gasteiger partial charge on any atom is 0.128 e. The summed E-state index contributed by atoms with van der Waals surface area (Å²) < 4.78 is 0. The Balaban J connectivity index is 1.29. The maximum atomic E-state index is 10.8. The summed E-state index contributed by atoms with van der Waals surface area (Å²) >= 11 is 0. The van der Waals surface area contributed by atoms with E-state index in [0.29, 0.717) is 6.54 Å². The largest absolute Gasteiger partial charge is 0.390 e. The third-order valence-corrected chi connectivity index (χ3v) is 5.98. The number of hydrogen-bond acceptors (Lipinski definition) is 6. The number of para-hydroxylation sites is 1. The maximum absolute atomic E-state index is 10.8. The molecule has 2 saturated heterocycles. The summed E-state index contributed by atoms with van der Waals surface area (Å²) in [6.45, 7) is 5.29. The monoisotopic (exact) mass is 375 g/mol. The molecule has 5 rings (SSSR count). The predicted molar refractivity (Wildman–Crippen MR) is 112 cm³/mol. The normalized spacial score (nSPS) is 23.5. The average Bonchev–Trinajstić information content (AvgIpc) is 3.15. The first-order valence-electron chi connectivity index (χ1n) is 9.96. The number of benzene rings is 1. The molecule has 2 fully saturated rings. The lowest BCUT2D eigenvalue weighted by Crippen LogP contribution is -2.54. The van der Waals surface area contributed by atoms with E-state index >= 15 is 0 Å². The first-order chi connectivity index (χ1) is 13.8. The Labute approximate surface area is 165 Å². The van der Waals surface area contributed by atoms with Crippen molar-refractivity contribution < 1.29 is 5.11 Å². The van der Waals surface area contributed by atoms with Gasteiger partial charge in [0.2, 0.25) is 0 Å². The van der Waals surface area contributed by atoms with Crippen molar-refractivity contribution in [1.29, 1.82) is 0 Å². The van der Waals surface area contributed by atoms with Crippen LogP contribution in [0.2, 0.25) is 0 Å². The van der Waals surface area contributed by atoms with E-state index in [-0.39, 0.29) is 12.1 Å². The molecule has 1 N–H and O–H groups in total. The van der Waals surface area contributed by atoms with Gasteiger partial charge in [-0.15, -0.1) is 0 Å². The van der Waals surface area contributed by atoms with Crippen LogP contribution in [0.3, 0.4) is 0 Å². The zero-order valence-electron chi connectivity index (χ0n) is 15.9. The molecule has 1 aromatic carbocycles. The van der Waals surface area contributed by atoms with Gasteiger partial charge in [0.05, 0.1) is 17.7 Å². The second kappa shape index (κ2) is 7.37. The van der Waals surface area contributed by atoms with Gasteiger partial charge in [-0.05, 0) is 24.3 Å². The molecular weight excluding hydrogens is 350 g/mol. The number of hydrogen-bond donors (Lipinski definition) is 1. The summed E-state index contributed by atoms with van der Waals surface area (Å²) in [5.74, 6) is 1.04. The second-order valence-corrected chi connectivity index (χ2v) is 7.60. The summed E-state index contributed by atoms with van der Waals surface area (Å²) in [6.07, 6.45) is 3.37. The number of β-amino-alcohol motifs (C(OH)–C–C–N with tert-alkyl or cyclic N) is 1. The van der Waals surface area contributed by atoms with Crippen LogP contribution in [0.4, 0.5) is 11.5 Å². The van der Waals surface area contributed by atoms with Crippen LogP contribution in [-0.2, 0) is 0 Å². The third-order valence-electron chi connectivity index (χ3n) is 5.98. The van der Waals surface area contributed by atoms with Crippen LogP contribution in [0, 0.1) is 0 Å². The Hall–Kier alpha value is -2.70. The molecule has 0 radical (unpaired) electrons. The van der Waals surface area contributed by atoms with Crippen LogP contribution in [0.25, 0.3) is 10.9 Å². The van der Waals surface area contributed by atoms with Crippen molar-refractivity contribution in [1.82, 2.24) is 14.9 Å². The zero-order chi connectivity index (χ0) is 18.9. The van der Waals surface area contributed by atoms with E-state index in [4.69, 9.17) is 0 Å². The lowest BCUT2D eigenvalue weighted by atomic mass is 10.1. The van der Waals surface area contributed by atoms with Crippen molar-refractivity contribution in [2.75, 3.05) is 49.1 Å². The van der Waals surface area contributed by atoms with Gasteiger partial charge < -0.3 is 14.9 Å². The van der Waals surface area contributed by atoms with E-state index in [1.807, 2.05) is 42.7 Å². The van der Waals surface area contributed by atoms with E-state index in [1.165, 1.54) is 5.69 Å². The fourth-order valence-electron chi connectivity index (χ4n) is 4.50. The minimum atomic E-state index is -0.340. The summed E-state index contributed by atoms with van der Waals surface area (Å²) in [5.41, 5.74) is 2.17. The van der Waals surface area contributed by atoms with Crippen molar-refractivity contribution in [3.63, 3.8) is 0 Å². The highest BCUT2D eigenvalue weighted by atomic mass is 16.3. The van der Waals surface area contributed by atoms with Crippen LogP contribution in [0.1, 0.15) is 0 Å². The molecule has 2 aromatic heterocycles. The van der Waals surface area contributed by atoms with Crippen molar-refractivity contribution in [3.8, 4) is 0 Å². The minimum Gasteiger partial charge on any atom is -0.390 e. The van der Waals surface area contributed by atoms with Crippen molar-refractivity contribution in [2.45, 2.75) is 12.1 Å². The molecule has 4 heterocycles. The number of rotatable bonds is 3. The fourth-order valence-corrected chi connectivity index (χ4v) is 4.50. The molecule has 6 heteroatoms. The SMILES string of the molecule is O[C@H]1CN(c2ccnc3ccccc23)C[C@@H]1N1CCN(c2ccccn2)CC1.